The summed E-state index contributed by atoms with van der Waals surface area (Å²) in [6.07, 6.45) is 2.17. The number of aromatic nitrogens is 2. The van der Waals surface area contributed by atoms with Gasteiger partial charge in [-0.2, -0.15) is 0 Å². The fraction of sp³-hybridized carbons (Fsp3) is 0.289. The van der Waals surface area contributed by atoms with Crippen LogP contribution >= 0.6 is 0 Å². The molecule has 0 spiro atoms. The fourth-order valence-electron chi connectivity index (χ4n) is 5.77. The molecule has 0 radical (unpaired) electrons. The second-order valence-corrected chi connectivity index (χ2v) is 12.8. The Labute approximate surface area is 281 Å². The first-order chi connectivity index (χ1) is 23.1. The zero-order chi connectivity index (χ0) is 33.8. The molecule has 1 aromatic heterocycles. The molecule has 0 saturated heterocycles. The molecule has 2 heterocycles. The van der Waals surface area contributed by atoms with Gasteiger partial charge in [0.05, 0.1) is 25.4 Å². The number of benzene rings is 4. The van der Waals surface area contributed by atoms with Crippen molar-refractivity contribution in [2.24, 2.45) is 0 Å². The van der Waals surface area contributed by atoms with Crippen molar-refractivity contribution in [1.82, 2.24) is 14.9 Å². The molecule has 1 amide bonds. The summed E-state index contributed by atoms with van der Waals surface area (Å²) in [5.41, 5.74) is 11.5. The monoisotopic (exact) mass is 647 g/mol. The summed E-state index contributed by atoms with van der Waals surface area (Å²) in [5, 5.41) is 0.853. The average Bonchev–Trinajstić information content (AvgIpc) is 3.07. The molecule has 10 nitrogen and oxygen atoms in total. The predicted molar refractivity (Wildman–Crippen MR) is 187 cm³/mol. The van der Waals surface area contributed by atoms with Gasteiger partial charge in [-0.1, -0.05) is 30.3 Å². The maximum Gasteiger partial charge on any atom is 0.410 e. The van der Waals surface area contributed by atoms with Gasteiger partial charge in [0.15, 0.2) is 0 Å². The van der Waals surface area contributed by atoms with Crippen molar-refractivity contribution >= 4 is 28.6 Å². The van der Waals surface area contributed by atoms with E-state index in [9.17, 15) is 4.79 Å². The van der Waals surface area contributed by atoms with Gasteiger partial charge >= 0.3 is 6.09 Å². The number of fused-ring (bicyclic) bond motifs is 2. The number of nitrogen functional groups attached to an aromatic ring is 1. The molecule has 5 aromatic rings. The standard InChI is InChI=1S/C38H41N5O5/c1-38(2,3)48-37(44)42-17-16-27-18-31(15-10-28(27)24-42)47-32-19-34-33(21-40-36(39)41-34)35(20-32)43(22-25-6-11-29(45-4)12-7-25)23-26-8-13-30(46-5)14-9-26/h6-15,18-21H,16-17,22-24H2,1-5H3,(H2,39,40,41). The molecule has 10 heteroatoms. The minimum absolute atomic E-state index is 0.186. The molecular formula is C38H41N5O5. The van der Waals surface area contributed by atoms with Crippen molar-refractivity contribution in [2.45, 2.75) is 52.4 Å². The molecule has 248 valence electrons. The Bertz CT molecular complexity index is 1860. The number of methoxy groups -OCH3 is 2. The molecule has 4 aromatic carbocycles. The molecule has 2 N–H and O–H groups in total. The maximum atomic E-state index is 12.7. The minimum atomic E-state index is -0.539. The van der Waals surface area contributed by atoms with Gasteiger partial charge in [0.2, 0.25) is 5.95 Å². The van der Waals surface area contributed by atoms with Crippen LogP contribution < -0.4 is 24.8 Å². The number of nitrogens with zero attached hydrogens (tertiary/aromatic N) is 4. The Kier molecular flexibility index (Phi) is 9.25. The molecule has 1 aliphatic rings. The van der Waals surface area contributed by atoms with Crippen LogP contribution in [0, 0.1) is 0 Å². The van der Waals surface area contributed by atoms with Crippen molar-refractivity contribution < 1.29 is 23.7 Å². The van der Waals surface area contributed by atoms with Crippen LogP contribution in [0.15, 0.2) is 85.1 Å². The largest absolute Gasteiger partial charge is 0.497 e. The minimum Gasteiger partial charge on any atom is -0.497 e. The van der Waals surface area contributed by atoms with Crippen LogP contribution in [-0.4, -0.2) is 47.3 Å². The highest BCUT2D eigenvalue weighted by atomic mass is 16.6. The summed E-state index contributed by atoms with van der Waals surface area (Å²) in [7, 11) is 3.32. The number of rotatable bonds is 9. The lowest BCUT2D eigenvalue weighted by atomic mass is 10.00. The second kappa shape index (κ2) is 13.7. The molecule has 0 aliphatic carbocycles. The molecule has 1 aliphatic heterocycles. The summed E-state index contributed by atoms with van der Waals surface area (Å²) < 4.78 is 22.9. The fourth-order valence-corrected chi connectivity index (χ4v) is 5.77. The van der Waals surface area contributed by atoms with Crippen molar-refractivity contribution in [3.8, 4) is 23.0 Å². The van der Waals surface area contributed by atoms with Crippen LogP contribution in [0.4, 0.5) is 16.4 Å². The highest BCUT2D eigenvalue weighted by Gasteiger charge is 2.26. The summed E-state index contributed by atoms with van der Waals surface area (Å²) in [5.74, 6) is 3.10. The summed E-state index contributed by atoms with van der Waals surface area (Å²) >= 11 is 0. The van der Waals surface area contributed by atoms with Crippen molar-refractivity contribution in [1.29, 1.82) is 0 Å². The highest BCUT2D eigenvalue weighted by Crippen LogP contribution is 2.36. The number of ether oxygens (including phenoxy) is 4. The van der Waals surface area contributed by atoms with E-state index in [-0.39, 0.29) is 12.0 Å². The zero-order valence-corrected chi connectivity index (χ0v) is 28.0. The van der Waals surface area contributed by atoms with E-state index in [0.29, 0.717) is 49.6 Å². The number of carbonyl (C=O) groups is 1. The summed E-state index contributed by atoms with van der Waals surface area (Å²) in [6.45, 7) is 7.91. The molecule has 0 unspecified atom stereocenters. The van der Waals surface area contributed by atoms with Crippen molar-refractivity contribution in [2.75, 3.05) is 31.4 Å². The second-order valence-electron chi connectivity index (χ2n) is 12.8. The Morgan fingerprint density at radius 1 is 0.833 bits per heavy atom. The first kappa shape index (κ1) is 32.4. The van der Waals surface area contributed by atoms with Gasteiger partial charge in [-0.15, -0.1) is 0 Å². The van der Waals surface area contributed by atoms with Gasteiger partial charge in [0.1, 0.15) is 28.6 Å². The first-order valence-electron chi connectivity index (χ1n) is 15.9. The molecule has 0 bridgehead atoms. The highest BCUT2D eigenvalue weighted by molar-refractivity contribution is 5.93. The van der Waals surface area contributed by atoms with Gasteiger partial charge in [-0.05, 0) is 85.8 Å². The lowest BCUT2D eigenvalue weighted by molar-refractivity contribution is 0.0224. The van der Waals surface area contributed by atoms with Gasteiger partial charge in [-0.3, -0.25) is 0 Å². The number of carbonyl (C=O) groups excluding carboxylic acids is 1. The van der Waals surface area contributed by atoms with Gasteiger partial charge in [0.25, 0.3) is 0 Å². The van der Waals surface area contributed by atoms with E-state index in [1.54, 1.807) is 25.3 Å². The summed E-state index contributed by atoms with van der Waals surface area (Å²) in [6, 6.07) is 26.0. The van der Waals surface area contributed by atoms with E-state index in [0.717, 1.165) is 44.8 Å². The number of hydrogen-bond donors (Lipinski definition) is 1. The normalized spacial score (nSPS) is 12.7. The van der Waals surface area contributed by atoms with Gasteiger partial charge < -0.3 is 34.5 Å². The van der Waals surface area contributed by atoms with E-state index in [1.165, 1.54) is 0 Å². The van der Waals surface area contributed by atoms with Crippen LogP contribution in [-0.2, 0) is 30.8 Å². The van der Waals surface area contributed by atoms with Gasteiger partial charge in [-0.25, -0.2) is 14.8 Å². The Hall–Kier alpha value is -5.51. The maximum absolute atomic E-state index is 12.7. The molecular weight excluding hydrogens is 606 g/mol. The molecule has 48 heavy (non-hydrogen) atoms. The lowest BCUT2D eigenvalue weighted by Gasteiger charge is -2.31. The van der Waals surface area contributed by atoms with Crippen LogP contribution in [0.3, 0.4) is 0 Å². The predicted octanol–water partition coefficient (Wildman–Crippen LogP) is 7.52. The number of amides is 1. The van der Waals surface area contributed by atoms with Crippen molar-refractivity contribution in [3.63, 3.8) is 0 Å². The van der Waals surface area contributed by atoms with E-state index in [4.69, 9.17) is 24.7 Å². The van der Waals surface area contributed by atoms with Crippen LogP contribution in [0.5, 0.6) is 23.0 Å². The Morgan fingerprint density at radius 2 is 1.46 bits per heavy atom. The third-order valence-electron chi connectivity index (χ3n) is 8.15. The van der Waals surface area contributed by atoms with Crippen LogP contribution in [0.2, 0.25) is 0 Å². The topological polar surface area (TPSA) is 112 Å². The van der Waals surface area contributed by atoms with Gasteiger partial charge in [0, 0.05) is 49.9 Å². The lowest BCUT2D eigenvalue weighted by Crippen LogP contribution is -2.39. The third-order valence-corrected chi connectivity index (χ3v) is 8.15. The Morgan fingerprint density at radius 3 is 2.06 bits per heavy atom. The van der Waals surface area contributed by atoms with E-state index >= 15 is 0 Å². The van der Waals surface area contributed by atoms with E-state index < -0.39 is 5.60 Å². The number of anilines is 2. The summed E-state index contributed by atoms with van der Waals surface area (Å²) in [4.78, 5) is 25.6. The first-order valence-corrected chi connectivity index (χ1v) is 15.9. The smallest absolute Gasteiger partial charge is 0.410 e. The number of nitrogens with two attached hydrogens (primary N) is 1. The Balaban J connectivity index is 1.32. The van der Waals surface area contributed by atoms with Crippen LogP contribution in [0.1, 0.15) is 43.0 Å². The number of hydrogen-bond acceptors (Lipinski definition) is 9. The quantitative estimate of drug-likeness (QED) is 0.174. The van der Waals surface area contributed by atoms with E-state index in [2.05, 4.69) is 39.1 Å². The third kappa shape index (κ3) is 7.71. The molecule has 0 saturated carbocycles. The van der Waals surface area contributed by atoms with Crippen molar-refractivity contribution in [3.05, 3.63) is 107 Å². The zero-order valence-electron chi connectivity index (χ0n) is 28.0. The SMILES string of the molecule is COc1ccc(CN(Cc2ccc(OC)cc2)c2cc(Oc3ccc4c(c3)CCN(C(=O)OC(C)(C)C)C4)cc3nc(N)ncc23)cc1. The molecule has 6 rings (SSSR count). The average molecular weight is 648 g/mol. The molecule has 0 fully saturated rings. The van der Waals surface area contributed by atoms with Crippen LogP contribution in [0.25, 0.3) is 10.9 Å². The van der Waals surface area contributed by atoms with E-state index in [1.807, 2.05) is 75.4 Å². The molecule has 0 atom stereocenters.